The van der Waals surface area contributed by atoms with Gasteiger partial charge in [-0.05, 0) is 19.1 Å². The molecule has 17 heavy (non-hydrogen) atoms. The molecule has 0 saturated heterocycles. The molecule has 0 bridgehead atoms. The van der Waals surface area contributed by atoms with Crippen molar-refractivity contribution in [1.29, 1.82) is 0 Å². The molecule has 0 aromatic heterocycles. The summed E-state index contributed by atoms with van der Waals surface area (Å²) in [5.41, 5.74) is 4.65. The van der Waals surface area contributed by atoms with Crippen molar-refractivity contribution in [2.24, 2.45) is 5.73 Å². The van der Waals surface area contributed by atoms with E-state index in [0.29, 0.717) is 0 Å². The smallest absolute Gasteiger partial charge is 0.307 e. The highest BCUT2D eigenvalue weighted by Gasteiger charge is 2.18. The number of carboxylic acids is 1. The van der Waals surface area contributed by atoms with Gasteiger partial charge in [-0.15, -0.1) is 0 Å². The van der Waals surface area contributed by atoms with E-state index in [1.807, 2.05) is 0 Å². The lowest BCUT2D eigenvalue weighted by Gasteiger charge is -2.15. The minimum atomic E-state index is -1.05. The zero-order chi connectivity index (χ0) is 13.0. The number of carbonyl (C=O) groups is 2. The fourth-order valence-corrected chi connectivity index (χ4v) is 1.35. The van der Waals surface area contributed by atoms with Gasteiger partial charge in [0.25, 0.3) is 5.91 Å². The highest BCUT2D eigenvalue weighted by Crippen LogP contribution is 2.22. The van der Waals surface area contributed by atoms with E-state index >= 15 is 0 Å². The fourth-order valence-electron chi connectivity index (χ4n) is 1.35. The van der Waals surface area contributed by atoms with Crippen LogP contribution in [0.25, 0.3) is 0 Å². The van der Waals surface area contributed by atoms with E-state index in [1.165, 1.54) is 19.1 Å². The number of carboxylic acid groups (broad SMARTS) is 1. The van der Waals surface area contributed by atoms with E-state index in [2.05, 4.69) is 0 Å². The maximum atomic E-state index is 13.3. The third-order valence-electron chi connectivity index (χ3n) is 2.01. The molecular formula is C11H12FNO4. The van der Waals surface area contributed by atoms with Crippen LogP contribution in [0.4, 0.5) is 4.39 Å². The Bertz CT molecular complexity index is 447. The summed E-state index contributed by atoms with van der Waals surface area (Å²) in [4.78, 5) is 21.5. The molecular weight excluding hydrogens is 229 g/mol. The van der Waals surface area contributed by atoms with Crippen molar-refractivity contribution in [1.82, 2.24) is 0 Å². The Morgan fingerprint density at radius 2 is 2.18 bits per heavy atom. The maximum Gasteiger partial charge on any atom is 0.307 e. The predicted molar refractivity (Wildman–Crippen MR) is 57.3 cm³/mol. The molecule has 0 aliphatic carbocycles. The summed E-state index contributed by atoms with van der Waals surface area (Å²) in [6.07, 6.45) is -0.943. The largest absolute Gasteiger partial charge is 0.489 e. The number of ether oxygens (including phenoxy) is 1. The first-order valence-corrected chi connectivity index (χ1v) is 4.88. The van der Waals surface area contributed by atoms with Gasteiger partial charge in [0.05, 0.1) is 6.42 Å². The Labute approximate surface area is 97.0 Å². The third-order valence-corrected chi connectivity index (χ3v) is 2.01. The average molecular weight is 241 g/mol. The lowest BCUT2D eigenvalue weighted by molar-refractivity contribution is -0.138. The van der Waals surface area contributed by atoms with Gasteiger partial charge in [0, 0.05) is 0 Å². The Kier molecular flexibility index (Phi) is 4.03. The van der Waals surface area contributed by atoms with Crippen LogP contribution < -0.4 is 10.5 Å². The highest BCUT2D eigenvalue weighted by molar-refractivity contribution is 5.95. The Balaban J connectivity index is 2.94. The topological polar surface area (TPSA) is 89.6 Å². The van der Waals surface area contributed by atoms with Gasteiger partial charge in [-0.3, -0.25) is 9.59 Å². The molecule has 6 heteroatoms. The molecule has 0 aliphatic heterocycles. The average Bonchev–Trinajstić information content (AvgIpc) is 2.15. The van der Waals surface area contributed by atoms with E-state index in [1.54, 1.807) is 0 Å². The molecule has 0 saturated carbocycles. The summed E-state index contributed by atoms with van der Waals surface area (Å²) in [6.45, 7) is 1.50. The summed E-state index contributed by atoms with van der Waals surface area (Å²) in [5.74, 6) is -2.85. The second-order valence-electron chi connectivity index (χ2n) is 3.50. The van der Waals surface area contributed by atoms with Gasteiger partial charge in [-0.1, -0.05) is 6.07 Å². The minimum Gasteiger partial charge on any atom is -0.489 e. The molecule has 0 aliphatic rings. The van der Waals surface area contributed by atoms with Gasteiger partial charge < -0.3 is 15.6 Å². The van der Waals surface area contributed by atoms with E-state index in [4.69, 9.17) is 15.6 Å². The summed E-state index contributed by atoms with van der Waals surface area (Å²) in [5, 5.41) is 8.55. The van der Waals surface area contributed by atoms with E-state index in [0.717, 1.165) is 6.07 Å². The predicted octanol–water partition coefficient (Wildman–Crippen LogP) is 1.17. The summed E-state index contributed by atoms with van der Waals surface area (Å²) in [7, 11) is 0. The molecule has 0 radical (unpaired) electrons. The molecule has 1 rings (SSSR count). The van der Waals surface area contributed by atoms with Crippen LogP contribution in [0.3, 0.4) is 0 Å². The molecule has 0 heterocycles. The molecule has 1 atom stereocenters. The number of hydrogen-bond donors (Lipinski definition) is 2. The molecule has 1 unspecified atom stereocenters. The van der Waals surface area contributed by atoms with Gasteiger partial charge >= 0.3 is 5.97 Å². The van der Waals surface area contributed by atoms with Gasteiger partial charge in [-0.25, -0.2) is 4.39 Å². The van der Waals surface area contributed by atoms with Crippen molar-refractivity contribution < 1.29 is 23.8 Å². The number of hydrogen-bond acceptors (Lipinski definition) is 3. The number of primary amides is 1. The first-order valence-electron chi connectivity index (χ1n) is 4.88. The fraction of sp³-hybridized carbons (Fsp3) is 0.273. The minimum absolute atomic E-state index is 0.0498. The Morgan fingerprint density at radius 1 is 1.53 bits per heavy atom. The summed E-state index contributed by atoms with van der Waals surface area (Å²) >= 11 is 0. The van der Waals surface area contributed by atoms with Crippen LogP contribution >= 0.6 is 0 Å². The zero-order valence-corrected chi connectivity index (χ0v) is 9.14. The maximum absolute atomic E-state index is 13.3. The highest BCUT2D eigenvalue weighted by atomic mass is 19.1. The number of halogens is 1. The molecule has 1 amide bonds. The van der Waals surface area contributed by atoms with Crippen molar-refractivity contribution >= 4 is 11.9 Å². The lowest BCUT2D eigenvalue weighted by atomic mass is 10.1. The number of carbonyl (C=O) groups excluding carboxylic acids is 1. The van der Waals surface area contributed by atoms with Crippen molar-refractivity contribution in [3.8, 4) is 5.75 Å². The van der Waals surface area contributed by atoms with Gasteiger partial charge in [0.1, 0.15) is 23.2 Å². The molecule has 5 nitrogen and oxygen atoms in total. The van der Waals surface area contributed by atoms with Crippen LogP contribution in [-0.2, 0) is 4.79 Å². The first kappa shape index (κ1) is 13.0. The van der Waals surface area contributed by atoms with Crippen LogP contribution in [0.5, 0.6) is 5.75 Å². The van der Waals surface area contributed by atoms with Gasteiger partial charge in [0.15, 0.2) is 0 Å². The molecule has 1 aromatic carbocycles. The number of amides is 1. The number of nitrogens with two attached hydrogens (primary N) is 1. The standard InChI is InChI=1S/C11H12FNO4/c1-6(5-9(14)15)17-8-4-2-3-7(12)10(8)11(13)16/h2-4,6H,5H2,1H3,(H2,13,16)(H,14,15). The Morgan fingerprint density at radius 3 is 2.71 bits per heavy atom. The molecule has 1 aromatic rings. The van der Waals surface area contributed by atoms with Crippen molar-refractivity contribution in [2.45, 2.75) is 19.4 Å². The molecule has 3 N–H and O–H groups in total. The summed E-state index contributed by atoms with van der Waals surface area (Å²) in [6, 6.07) is 3.79. The van der Waals surface area contributed by atoms with Crippen molar-refractivity contribution in [3.63, 3.8) is 0 Å². The molecule has 92 valence electrons. The number of benzene rings is 1. The number of aliphatic carboxylic acids is 1. The second-order valence-corrected chi connectivity index (χ2v) is 3.50. The van der Waals surface area contributed by atoms with Crippen LogP contribution in [-0.4, -0.2) is 23.1 Å². The summed E-state index contributed by atoms with van der Waals surface area (Å²) < 4.78 is 18.5. The van der Waals surface area contributed by atoms with Crippen LogP contribution in [0.1, 0.15) is 23.7 Å². The zero-order valence-electron chi connectivity index (χ0n) is 9.14. The van der Waals surface area contributed by atoms with Crippen LogP contribution in [0.2, 0.25) is 0 Å². The Hall–Kier alpha value is -2.11. The van der Waals surface area contributed by atoms with Crippen LogP contribution in [0, 0.1) is 5.82 Å². The van der Waals surface area contributed by atoms with Gasteiger partial charge in [-0.2, -0.15) is 0 Å². The molecule has 0 spiro atoms. The van der Waals surface area contributed by atoms with Gasteiger partial charge in [0.2, 0.25) is 0 Å². The third kappa shape index (κ3) is 3.44. The lowest BCUT2D eigenvalue weighted by Crippen LogP contribution is -2.20. The van der Waals surface area contributed by atoms with Crippen LogP contribution in [0.15, 0.2) is 18.2 Å². The quantitative estimate of drug-likeness (QED) is 0.809. The number of rotatable bonds is 5. The molecule has 0 fully saturated rings. The van der Waals surface area contributed by atoms with E-state index in [-0.39, 0.29) is 17.7 Å². The SMILES string of the molecule is CC(CC(=O)O)Oc1cccc(F)c1C(N)=O. The first-order chi connectivity index (χ1) is 7.91. The normalized spacial score (nSPS) is 11.9. The van der Waals surface area contributed by atoms with Crippen molar-refractivity contribution in [2.75, 3.05) is 0 Å². The van der Waals surface area contributed by atoms with Crippen molar-refractivity contribution in [3.05, 3.63) is 29.6 Å². The monoisotopic (exact) mass is 241 g/mol. The van der Waals surface area contributed by atoms with E-state index < -0.39 is 23.8 Å². The van der Waals surface area contributed by atoms with E-state index in [9.17, 15) is 14.0 Å². The second kappa shape index (κ2) is 5.29.